The summed E-state index contributed by atoms with van der Waals surface area (Å²) in [6, 6.07) is 1.45. The molecule has 0 atom stereocenters. The fourth-order valence-electron chi connectivity index (χ4n) is 0.390. The van der Waals surface area contributed by atoms with Crippen LogP contribution >= 0.6 is 11.5 Å². The lowest BCUT2D eigenvalue weighted by Gasteiger charge is -1.90. The minimum atomic E-state index is -0.113. The van der Waals surface area contributed by atoms with E-state index in [-0.39, 0.29) is 5.56 Å². The third kappa shape index (κ3) is 0.742. The predicted molar refractivity (Wildman–Crippen MR) is 31.1 cm³/mol. The fraction of sp³-hybridized carbons (Fsp3) is 0.250. The summed E-state index contributed by atoms with van der Waals surface area (Å²) in [6.07, 6.45) is 0. The van der Waals surface area contributed by atoms with Gasteiger partial charge in [0, 0.05) is 11.4 Å². The van der Waals surface area contributed by atoms with Crippen LogP contribution in [0.2, 0.25) is 0 Å². The molecule has 0 saturated carbocycles. The zero-order chi connectivity index (χ0) is 5.98. The van der Waals surface area contributed by atoms with Crippen LogP contribution in [0.1, 0.15) is 0 Å². The summed E-state index contributed by atoms with van der Waals surface area (Å²) in [5.41, 5.74) is -0.113. The molecule has 0 unspecified atom stereocenters. The number of nitrogens with zero attached hydrogens (tertiary/aromatic N) is 1. The van der Waals surface area contributed by atoms with E-state index in [2.05, 4.69) is 4.84 Å². The normalized spacial score (nSPS) is 9.12. The van der Waals surface area contributed by atoms with E-state index in [1.807, 2.05) is 0 Å². The Morgan fingerprint density at radius 1 is 1.88 bits per heavy atom. The molecule has 0 aromatic carbocycles. The lowest BCUT2D eigenvalue weighted by Crippen LogP contribution is -2.16. The third-order valence-electron chi connectivity index (χ3n) is 0.713. The Balaban J connectivity index is 3.11. The second-order valence-electron chi connectivity index (χ2n) is 1.19. The van der Waals surface area contributed by atoms with E-state index in [0.717, 1.165) is 0 Å². The van der Waals surface area contributed by atoms with Gasteiger partial charge in [0.05, 0.1) is 0 Å². The molecular weight excluding hydrogens is 126 g/mol. The molecule has 0 saturated heterocycles. The minimum absolute atomic E-state index is 0.113. The Morgan fingerprint density at radius 2 is 2.62 bits per heavy atom. The van der Waals surface area contributed by atoms with Crippen LogP contribution in [-0.4, -0.2) is 11.2 Å². The summed E-state index contributed by atoms with van der Waals surface area (Å²) in [5.74, 6) is 0. The molecule has 0 aliphatic carbocycles. The van der Waals surface area contributed by atoms with Crippen molar-refractivity contribution in [3.63, 3.8) is 0 Å². The summed E-state index contributed by atoms with van der Waals surface area (Å²) in [4.78, 5) is 15.1. The zero-order valence-electron chi connectivity index (χ0n) is 4.33. The van der Waals surface area contributed by atoms with Crippen LogP contribution in [-0.2, 0) is 0 Å². The molecule has 0 aliphatic heterocycles. The molecule has 44 valence electrons. The summed E-state index contributed by atoms with van der Waals surface area (Å²) < 4.78 is 1.19. The standard InChI is InChI=1S/C4H5NO2S/c1-7-5-4(6)2-3-8-5/h2-3H,1H3. The van der Waals surface area contributed by atoms with Gasteiger partial charge in [-0.25, -0.2) is 0 Å². The van der Waals surface area contributed by atoms with E-state index in [1.54, 1.807) is 5.38 Å². The van der Waals surface area contributed by atoms with Gasteiger partial charge in [-0.05, 0) is 11.5 Å². The van der Waals surface area contributed by atoms with Crippen molar-refractivity contribution < 1.29 is 4.84 Å². The van der Waals surface area contributed by atoms with Gasteiger partial charge in [-0.1, -0.05) is 4.12 Å². The second-order valence-corrected chi connectivity index (χ2v) is 2.00. The van der Waals surface area contributed by atoms with Gasteiger partial charge in [-0.15, -0.1) is 0 Å². The highest BCUT2D eigenvalue weighted by molar-refractivity contribution is 7.03. The lowest BCUT2D eigenvalue weighted by molar-refractivity contribution is 0.188. The highest BCUT2D eigenvalue weighted by atomic mass is 32.1. The van der Waals surface area contributed by atoms with Gasteiger partial charge in [0.15, 0.2) is 0 Å². The first-order valence-corrected chi connectivity index (χ1v) is 2.90. The number of hydrogen-bond donors (Lipinski definition) is 0. The Kier molecular flexibility index (Phi) is 1.34. The second kappa shape index (κ2) is 2.00. The van der Waals surface area contributed by atoms with Crippen LogP contribution in [0.25, 0.3) is 0 Å². The summed E-state index contributed by atoms with van der Waals surface area (Å²) in [6.45, 7) is 0. The third-order valence-corrected chi connectivity index (χ3v) is 1.49. The van der Waals surface area contributed by atoms with E-state index in [4.69, 9.17) is 0 Å². The van der Waals surface area contributed by atoms with Gasteiger partial charge in [0.1, 0.15) is 7.11 Å². The molecular formula is C4H5NO2S. The van der Waals surface area contributed by atoms with Gasteiger partial charge < -0.3 is 4.84 Å². The first kappa shape index (κ1) is 5.37. The van der Waals surface area contributed by atoms with Crippen LogP contribution in [0.15, 0.2) is 16.2 Å². The van der Waals surface area contributed by atoms with Gasteiger partial charge >= 0.3 is 0 Å². The van der Waals surface area contributed by atoms with Crippen LogP contribution in [0.4, 0.5) is 0 Å². The topological polar surface area (TPSA) is 31.2 Å². The molecule has 0 N–H and O–H groups in total. The monoisotopic (exact) mass is 131 g/mol. The fourth-order valence-corrected chi connectivity index (χ4v) is 0.928. The summed E-state index contributed by atoms with van der Waals surface area (Å²) in [5, 5.41) is 1.67. The van der Waals surface area contributed by atoms with Crippen molar-refractivity contribution in [2.75, 3.05) is 7.11 Å². The summed E-state index contributed by atoms with van der Waals surface area (Å²) in [7, 11) is 1.46. The van der Waals surface area contributed by atoms with E-state index in [9.17, 15) is 4.79 Å². The zero-order valence-corrected chi connectivity index (χ0v) is 5.14. The van der Waals surface area contributed by atoms with E-state index >= 15 is 0 Å². The molecule has 0 spiro atoms. The highest BCUT2D eigenvalue weighted by Gasteiger charge is 1.89. The molecule has 3 nitrogen and oxygen atoms in total. The molecule has 0 aliphatic rings. The quantitative estimate of drug-likeness (QED) is 0.536. The molecule has 8 heavy (non-hydrogen) atoms. The smallest absolute Gasteiger partial charge is 0.294 e. The highest BCUT2D eigenvalue weighted by Crippen LogP contribution is 1.85. The van der Waals surface area contributed by atoms with Crippen molar-refractivity contribution in [3.8, 4) is 0 Å². The summed E-state index contributed by atoms with van der Waals surface area (Å²) >= 11 is 1.23. The largest absolute Gasteiger partial charge is 0.404 e. The molecule has 0 fully saturated rings. The van der Waals surface area contributed by atoms with Crippen molar-refractivity contribution in [1.29, 1.82) is 0 Å². The van der Waals surface area contributed by atoms with Crippen molar-refractivity contribution in [3.05, 3.63) is 21.8 Å². The van der Waals surface area contributed by atoms with Crippen LogP contribution < -0.4 is 10.4 Å². The van der Waals surface area contributed by atoms with Gasteiger partial charge in [-0.3, -0.25) is 4.79 Å². The molecule has 1 rings (SSSR count). The average Bonchev–Trinajstić information content (AvgIpc) is 2.14. The van der Waals surface area contributed by atoms with E-state index in [0.29, 0.717) is 0 Å². The van der Waals surface area contributed by atoms with Crippen LogP contribution in [0.3, 0.4) is 0 Å². The molecule has 0 amide bonds. The first-order chi connectivity index (χ1) is 3.84. The van der Waals surface area contributed by atoms with Crippen LogP contribution in [0.5, 0.6) is 0 Å². The number of hydrogen-bond acceptors (Lipinski definition) is 3. The maximum atomic E-state index is 10.5. The average molecular weight is 131 g/mol. The molecule has 1 aromatic heterocycles. The number of aromatic nitrogens is 1. The van der Waals surface area contributed by atoms with Gasteiger partial charge in [0.2, 0.25) is 0 Å². The SMILES string of the molecule is COn1sccc1=O. The maximum Gasteiger partial charge on any atom is 0.294 e. The number of rotatable bonds is 1. The molecule has 1 heterocycles. The maximum absolute atomic E-state index is 10.5. The van der Waals surface area contributed by atoms with Crippen LogP contribution in [0, 0.1) is 0 Å². The predicted octanol–water partition coefficient (Wildman–Crippen LogP) is -0.0318. The van der Waals surface area contributed by atoms with Crippen molar-refractivity contribution in [1.82, 2.24) is 4.12 Å². The Hall–Kier alpha value is -0.770. The lowest BCUT2D eigenvalue weighted by atomic mass is 10.8. The van der Waals surface area contributed by atoms with Crippen molar-refractivity contribution in [2.24, 2.45) is 0 Å². The van der Waals surface area contributed by atoms with Gasteiger partial charge in [0.25, 0.3) is 5.56 Å². The Labute approximate surface area is 50.2 Å². The van der Waals surface area contributed by atoms with Crippen molar-refractivity contribution in [2.45, 2.75) is 0 Å². The van der Waals surface area contributed by atoms with Crippen molar-refractivity contribution >= 4 is 11.5 Å². The van der Waals surface area contributed by atoms with Gasteiger partial charge in [-0.2, -0.15) is 0 Å². The van der Waals surface area contributed by atoms with E-state index < -0.39 is 0 Å². The molecule has 0 bridgehead atoms. The minimum Gasteiger partial charge on any atom is -0.404 e. The molecule has 1 aromatic rings. The first-order valence-electron chi connectivity index (χ1n) is 2.06. The molecule has 4 heteroatoms. The molecule has 0 radical (unpaired) electrons. The Morgan fingerprint density at radius 3 is 2.88 bits per heavy atom. The van der Waals surface area contributed by atoms with E-state index in [1.165, 1.54) is 28.8 Å². The Bertz CT molecular complexity index is 214.